The third kappa shape index (κ3) is 5.13. The van der Waals surface area contributed by atoms with E-state index >= 15 is 0 Å². The van der Waals surface area contributed by atoms with E-state index in [1.54, 1.807) is 11.3 Å². The first kappa shape index (κ1) is 16.0. The normalized spacial score (nSPS) is 13.1. The van der Waals surface area contributed by atoms with Crippen LogP contribution in [-0.4, -0.2) is 32.0 Å². The molecule has 0 saturated heterocycles. The Labute approximate surface area is 129 Å². The molecule has 0 bridgehead atoms. The van der Waals surface area contributed by atoms with Crippen LogP contribution >= 0.6 is 11.3 Å². The topological polar surface area (TPSA) is 56.3 Å². The van der Waals surface area contributed by atoms with E-state index in [4.69, 9.17) is 4.74 Å². The number of rotatable bonds is 6. The Bertz CT molecular complexity index is 707. The van der Waals surface area contributed by atoms with Crippen molar-refractivity contribution in [2.75, 3.05) is 18.6 Å². The summed E-state index contributed by atoms with van der Waals surface area (Å²) in [6.45, 7) is 4.22. The molecule has 0 amide bonds. The zero-order chi connectivity index (χ0) is 15.5. The number of aromatic nitrogens is 1. The molecule has 1 aromatic heterocycles. The maximum atomic E-state index is 11.2. The number of aryl methyl sites for hydroxylation is 1. The van der Waals surface area contributed by atoms with Gasteiger partial charge in [0, 0.05) is 28.8 Å². The van der Waals surface area contributed by atoms with Gasteiger partial charge < -0.3 is 4.74 Å². The van der Waals surface area contributed by atoms with Crippen LogP contribution in [0.25, 0.3) is 10.6 Å². The Morgan fingerprint density at radius 2 is 2.14 bits per heavy atom. The number of benzene rings is 1. The molecule has 0 unspecified atom stereocenters. The summed E-state index contributed by atoms with van der Waals surface area (Å²) in [6.07, 6.45) is 1.24. The van der Waals surface area contributed by atoms with Crippen molar-refractivity contribution in [1.82, 2.24) is 4.98 Å². The Balaban J connectivity index is 2.02. The van der Waals surface area contributed by atoms with Crippen LogP contribution in [0, 0.1) is 12.8 Å². The van der Waals surface area contributed by atoms with E-state index in [1.165, 1.54) is 6.26 Å². The molecule has 1 aromatic carbocycles. The van der Waals surface area contributed by atoms with Gasteiger partial charge in [0.05, 0.1) is 12.4 Å². The Morgan fingerprint density at radius 1 is 1.38 bits per heavy atom. The van der Waals surface area contributed by atoms with E-state index in [2.05, 4.69) is 4.98 Å². The first-order valence-electron chi connectivity index (χ1n) is 6.66. The molecule has 114 valence electrons. The summed E-state index contributed by atoms with van der Waals surface area (Å²) in [7, 11) is -2.96. The molecule has 4 nitrogen and oxygen atoms in total. The number of ether oxygens (including phenoxy) is 1. The van der Waals surface area contributed by atoms with Gasteiger partial charge in [-0.05, 0) is 19.1 Å². The lowest BCUT2D eigenvalue weighted by Gasteiger charge is -2.12. The molecule has 0 N–H and O–H groups in total. The highest BCUT2D eigenvalue weighted by atomic mass is 32.2. The molecule has 0 fully saturated rings. The summed E-state index contributed by atoms with van der Waals surface area (Å²) >= 11 is 1.60. The number of sulfone groups is 1. The smallest absolute Gasteiger partial charge is 0.147 e. The molecule has 1 atom stereocenters. The fraction of sp³-hybridized carbons (Fsp3) is 0.400. The van der Waals surface area contributed by atoms with Gasteiger partial charge in [0.1, 0.15) is 20.6 Å². The average molecular weight is 325 g/mol. The van der Waals surface area contributed by atoms with Crippen molar-refractivity contribution < 1.29 is 13.2 Å². The predicted octanol–water partition coefficient (Wildman–Crippen LogP) is 3.18. The highest BCUT2D eigenvalue weighted by Crippen LogP contribution is 2.26. The second-order valence-electron chi connectivity index (χ2n) is 5.33. The lowest BCUT2D eigenvalue weighted by Crippen LogP contribution is -2.18. The van der Waals surface area contributed by atoms with Gasteiger partial charge in [-0.25, -0.2) is 13.4 Å². The quantitative estimate of drug-likeness (QED) is 0.818. The predicted molar refractivity (Wildman–Crippen MR) is 86.7 cm³/mol. The molecular weight excluding hydrogens is 306 g/mol. The van der Waals surface area contributed by atoms with Crippen molar-refractivity contribution in [1.29, 1.82) is 0 Å². The first-order valence-corrected chi connectivity index (χ1v) is 9.60. The van der Waals surface area contributed by atoms with Crippen LogP contribution in [0.1, 0.15) is 12.6 Å². The van der Waals surface area contributed by atoms with E-state index < -0.39 is 9.84 Å². The molecule has 21 heavy (non-hydrogen) atoms. The lowest BCUT2D eigenvalue weighted by molar-refractivity contribution is 0.272. The van der Waals surface area contributed by atoms with Crippen LogP contribution in [0.5, 0.6) is 5.75 Å². The monoisotopic (exact) mass is 325 g/mol. The molecular formula is C15H19NO3S2. The van der Waals surface area contributed by atoms with Crippen molar-refractivity contribution in [3.63, 3.8) is 0 Å². The second-order valence-corrected chi connectivity index (χ2v) is 8.37. The van der Waals surface area contributed by atoms with E-state index in [-0.39, 0.29) is 11.7 Å². The highest BCUT2D eigenvalue weighted by Gasteiger charge is 2.11. The van der Waals surface area contributed by atoms with Crippen molar-refractivity contribution in [3.05, 3.63) is 35.3 Å². The van der Waals surface area contributed by atoms with Crippen molar-refractivity contribution in [3.8, 4) is 16.3 Å². The summed E-state index contributed by atoms with van der Waals surface area (Å²) in [5.41, 5.74) is 2.02. The zero-order valence-corrected chi connectivity index (χ0v) is 14.0. The van der Waals surface area contributed by atoms with Gasteiger partial charge in [0.25, 0.3) is 0 Å². The average Bonchev–Trinajstić information content (AvgIpc) is 2.82. The number of hydrogen-bond acceptors (Lipinski definition) is 5. The van der Waals surface area contributed by atoms with Crippen LogP contribution in [-0.2, 0) is 9.84 Å². The summed E-state index contributed by atoms with van der Waals surface area (Å²) in [4.78, 5) is 4.45. The number of hydrogen-bond donors (Lipinski definition) is 0. The van der Waals surface area contributed by atoms with Gasteiger partial charge in [-0.1, -0.05) is 19.1 Å². The maximum Gasteiger partial charge on any atom is 0.147 e. The van der Waals surface area contributed by atoms with Crippen LogP contribution in [0.3, 0.4) is 0 Å². The lowest BCUT2D eigenvalue weighted by atomic mass is 10.2. The van der Waals surface area contributed by atoms with Crippen LogP contribution < -0.4 is 4.74 Å². The molecule has 0 spiro atoms. The molecule has 0 radical (unpaired) electrons. The molecule has 0 saturated carbocycles. The van der Waals surface area contributed by atoms with Crippen LogP contribution in [0.15, 0.2) is 29.6 Å². The summed E-state index contributed by atoms with van der Waals surface area (Å²) in [6, 6.07) is 7.72. The highest BCUT2D eigenvalue weighted by molar-refractivity contribution is 7.90. The standard InChI is InChI=1S/C15H19NO3S2/c1-11(10-21(3,17)18)8-19-14-6-4-5-13(7-14)15-16-12(2)9-20-15/h4-7,9,11H,8,10H2,1-3H3/t11-/m1/s1. The summed E-state index contributed by atoms with van der Waals surface area (Å²) in [5, 5.41) is 2.97. The van der Waals surface area contributed by atoms with E-state index in [0.717, 1.165) is 22.0 Å². The van der Waals surface area contributed by atoms with Gasteiger partial charge >= 0.3 is 0 Å². The zero-order valence-electron chi connectivity index (χ0n) is 12.4. The van der Waals surface area contributed by atoms with Crippen LogP contribution in [0.2, 0.25) is 0 Å². The summed E-state index contributed by atoms with van der Waals surface area (Å²) < 4.78 is 28.2. The van der Waals surface area contributed by atoms with Crippen molar-refractivity contribution in [2.45, 2.75) is 13.8 Å². The summed E-state index contributed by atoms with van der Waals surface area (Å²) in [5.74, 6) is 0.838. The maximum absolute atomic E-state index is 11.2. The molecule has 1 heterocycles. The molecule has 2 aromatic rings. The minimum atomic E-state index is -2.96. The minimum absolute atomic E-state index is 0.0363. The van der Waals surface area contributed by atoms with Gasteiger partial charge in [0.15, 0.2) is 0 Å². The van der Waals surface area contributed by atoms with Gasteiger partial charge in [-0.15, -0.1) is 11.3 Å². The second kappa shape index (κ2) is 6.58. The van der Waals surface area contributed by atoms with Gasteiger partial charge in [-0.3, -0.25) is 0 Å². The molecule has 0 aliphatic rings. The first-order chi connectivity index (χ1) is 9.83. The van der Waals surface area contributed by atoms with Gasteiger partial charge in [0.2, 0.25) is 0 Å². The Hall–Kier alpha value is -1.40. The Morgan fingerprint density at radius 3 is 2.76 bits per heavy atom. The fourth-order valence-corrected chi connectivity index (χ4v) is 3.93. The molecule has 6 heteroatoms. The largest absolute Gasteiger partial charge is 0.493 e. The van der Waals surface area contributed by atoms with E-state index in [9.17, 15) is 8.42 Å². The third-order valence-corrected chi connectivity index (χ3v) is 5.01. The number of thiazole rings is 1. The third-order valence-electron chi connectivity index (χ3n) is 2.82. The Kier molecular flexibility index (Phi) is 5.00. The van der Waals surface area contributed by atoms with Crippen molar-refractivity contribution >= 4 is 21.2 Å². The van der Waals surface area contributed by atoms with Crippen LogP contribution in [0.4, 0.5) is 0 Å². The molecule has 2 rings (SSSR count). The van der Waals surface area contributed by atoms with Crippen molar-refractivity contribution in [2.24, 2.45) is 5.92 Å². The molecule has 0 aliphatic carbocycles. The number of nitrogens with zero attached hydrogens (tertiary/aromatic N) is 1. The van der Waals surface area contributed by atoms with Gasteiger partial charge in [-0.2, -0.15) is 0 Å². The molecule has 0 aliphatic heterocycles. The SMILES string of the molecule is Cc1csc(-c2cccc(OC[C@@H](C)CS(C)(=O)=O)c2)n1. The van der Waals surface area contributed by atoms with E-state index in [0.29, 0.717) is 6.61 Å². The minimum Gasteiger partial charge on any atom is -0.493 e. The fourth-order valence-electron chi connectivity index (χ4n) is 2.01. The van der Waals surface area contributed by atoms with E-state index in [1.807, 2.05) is 43.5 Å².